The maximum atomic E-state index is 12.0. The Kier molecular flexibility index (Phi) is 3.75. The van der Waals surface area contributed by atoms with Crippen molar-refractivity contribution in [3.63, 3.8) is 0 Å². The molecule has 0 spiro atoms. The zero-order valence-electron chi connectivity index (χ0n) is 11.7. The zero-order chi connectivity index (χ0) is 14.7. The number of carbonyl (C=O) groups excluding carboxylic acids is 1. The van der Waals surface area contributed by atoms with Gasteiger partial charge in [0.25, 0.3) is 0 Å². The summed E-state index contributed by atoms with van der Waals surface area (Å²) in [4.78, 5) is 16.1. The molecule has 1 aliphatic rings. The van der Waals surface area contributed by atoms with Crippen molar-refractivity contribution < 1.29 is 14.3 Å². The van der Waals surface area contributed by atoms with E-state index in [9.17, 15) is 9.90 Å². The Hall–Kier alpha value is -2.14. The molecule has 1 saturated carbocycles. The van der Waals surface area contributed by atoms with E-state index < -0.39 is 5.60 Å². The Morgan fingerprint density at radius 2 is 2.00 bits per heavy atom. The van der Waals surface area contributed by atoms with Crippen molar-refractivity contribution in [2.45, 2.75) is 37.7 Å². The van der Waals surface area contributed by atoms with Crippen molar-refractivity contribution in [1.82, 2.24) is 4.98 Å². The third-order valence-electron chi connectivity index (χ3n) is 3.87. The predicted octanol–water partition coefficient (Wildman–Crippen LogP) is 2.98. The van der Waals surface area contributed by atoms with Crippen molar-refractivity contribution in [2.24, 2.45) is 0 Å². The summed E-state index contributed by atoms with van der Waals surface area (Å²) in [5.74, 6) is 0.399. The van der Waals surface area contributed by atoms with Crippen molar-refractivity contribution in [2.75, 3.05) is 5.32 Å². The van der Waals surface area contributed by atoms with Crippen LogP contribution in [0.4, 0.5) is 5.69 Å². The van der Waals surface area contributed by atoms with E-state index >= 15 is 0 Å². The largest absolute Gasteiger partial charge is 0.445 e. The number of nitrogens with zero attached hydrogens (tertiary/aromatic N) is 1. The maximum Gasteiger partial charge on any atom is 0.227 e. The fourth-order valence-corrected chi connectivity index (χ4v) is 2.78. The van der Waals surface area contributed by atoms with Crippen LogP contribution in [0.3, 0.4) is 0 Å². The van der Waals surface area contributed by atoms with Crippen LogP contribution in [0.2, 0.25) is 0 Å². The first-order valence-electron chi connectivity index (χ1n) is 7.17. The van der Waals surface area contributed by atoms with Crippen LogP contribution in [0.1, 0.15) is 32.1 Å². The SMILES string of the molecule is O=C(CC1(O)CCCC1)Nc1ccc(-c2ncco2)cc1. The average Bonchev–Trinajstić information content (AvgIpc) is 3.11. The van der Waals surface area contributed by atoms with E-state index in [1.54, 1.807) is 18.3 Å². The summed E-state index contributed by atoms with van der Waals surface area (Å²) in [6.45, 7) is 0. The number of aliphatic hydroxyl groups is 1. The molecule has 1 heterocycles. The number of benzene rings is 1. The smallest absolute Gasteiger partial charge is 0.227 e. The number of oxazole rings is 1. The second kappa shape index (κ2) is 5.69. The van der Waals surface area contributed by atoms with Gasteiger partial charge in [-0.3, -0.25) is 4.79 Å². The van der Waals surface area contributed by atoms with Crippen LogP contribution in [0.15, 0.2) is 41.1 Å². The van der Waals surface area contributed by atoms with Crippen LogP contribution in [0.25, 0.3) is 11.5 Å². The van der Waals surface area contributed by atoms with Crippen molar-refractivity contribution in [3.8, 4) is 11.5 Å². The Bertz CT molecular complexity index is 599. The van der Waals surface area contributed by atoms with Crippen molar-refractivity contribution >= 4 is 11.6 Å². The Balaban J connectivity index is 1.61. The number of anilines is 1. The minimum absolute atomic E-state index is 0.150. The van der Waals surface area contributed by atoms with Gasteiger partial charge in [0.05, 0.1) is 18.2 Å². The summed E-state index contributed by atoms with van der Waals surface area (Å²) in [5, 5.41) is 13.0. The molecule has 21 heavy (non-hydrogen) atoms. The van der Waals surface area contributed by atoms with Crippen LogP contribution < -0.4 is 5.32 Å². The molecule has 0 saturated heterocycles. The summed E-state index contributed by atoms with van der Waals surface area (Å²) >= 11 is 0. The molecule has 0 aliphatic heterocycles. The van der Waals surface area contributed by atoms with Crippen LogP contribution >= 0.6 is 0 Å². The molecule has 0 bridgehead atoms. The normalized spacial score (nSPS) is 16.8. The number of hydrogen-bond acceptors (Lipinski definition) is 4. The number of rotatable bonds is 4. The molecule has 5 nitrogen and oxygen atoms in total. The highest BCUT2D eigenvalue weighted by molar-refractivity contribution is 5.91. The molecular formula is C16H18N2O3. The zero-order valence-corrected chi connectivity index (χ0v) is 11.7. The van der Waals surface area contributed by atoms with E-state index in [-0.39, 0.29) is 12.3 Å². The fourth-order valence-electron chi connectivity index (χ4n) is 2.78. The van der Waals surface area contributed by atoms with Gasteiger partial charge >= 0.3 is 0 Å². The Morgan fingerprint density at radius 1 is 1.29 bits per heavy atom. The highest BCUT2D eigenvalue weighted by atomic mass is 16.3. The quantitative estimate of drug-likeness (QED) is 0.906. The van der Waals surface area contributed by atoms with Gasteiger partial charge < -0.3 is 14.8 Å². The number of hydrogen-bond donors (Lipinski definition) is 2. The molecule has 3 rings (SSSR count). The van der Waals surface area contributed by atoms with Gasteiger partial charge in [-0.05, 0) is 37.1 Å². The summed E-state index contributed by atoms with van der Waals surface area (Å²) in [7, 11) is 0. The molecule has 2 N–H and O–H groups in total. The number of amides is 1. The standard InChI is InChI=1S/C16H18N2O3/c19-14(11-16(20)7-1-2-8-16)18-13-5-3-12(4-6-13)15-17-9-10-21-15/h3-6,9-10,20H,1-2,7-8,11H2,(H,18,19). The summed E-state index contributed by atoms with van der Waals surface area (Å²) in [6.07, 6.45) is 6.69. The first-order chi connectivity index (χ1) is 10.1. The van der Waals surface area contributed by atoms with Gasteiger partial charge in [-0.25, -0.2) is 4.98 Å². The maximum absolute atomic E-state index is 12.0. The van der Waals surface area contributed by atoms with Gasteiger partial charge in [-0.2, -0.15) is 0 Å². The van der Waals surface area contributed by atoms with E-state index in [4.69, 9.17) is 4.42 Å². The first-order valence-corrected chi connectivity index (χ1v) is 7.17. The van der Waals surface area contributed by atoms with Gasteiger partial charge in [-0.1, -0.05) is 12.8 Å². The van der Waals surface area contributed by atoms with Crippen LogP contribution in [-0.2, 0) is 4.79 Å². The molecule has 2 aromatic rings. The lowest BCUT2D eigenvalue weighted by molar-refractivity contribution is -0.120. The van der Waals surface area contributed by atoms with E-state index in [0.29, 0.717) is 24.4 Å². The molecule has 0 radical (unpaired) electrons. The van der Waals surface area contributed by atoms with E-state index in [1.807, 2.05) is 12.1 Å². The molecule has 0 unspecified atom stereocenters. The second-order valence-electron chi connectivity index (χ2n) is 5.57. The molecule has 1 aromatic heterocycles. The number of nitrogens with one attached hydrogen (secondary N) is 1. The van der Waals surface area contributed by atoms with Crippen LogP contribution in [0, 0.1) is 0 Å². The minimum atomic E-state index is -0.817. The number of aromatic nitrogens is 1. The monoisotopic (exact) mass is 286 g/mol. The first kappa shape index (κ1) is 13.8. The van der Waals surface area contributed by atoms with Gasteiger partial charge in [0.2, 0.25) is 11.8 Å². The van der Waals surface area contributed by atoms with Gasteiger partial charge in [-0.15, -0.1) is 0 Å². The third-order valence-corrected chi connectivity index (χ3v) is 3.87. The van der Waals surface area contributed by atoms with E-state index in [1.165, 1.54) is 6.26 Å². The topological polar surface area (TPSA) is 75.4 Å². The van der Waals surface area contributed by atoms with Crippen molar-refractivity contribution in [3.05, 3.63) is 36.7 Å². The molecule has 110 valence electrons. The van der Waals surface area contributed by atoms with Gasteiger partial charge in [0.1, 0.15) is 6.26 Å². The van der Waals surface area contributed by atoms with Crippen molar-refractivity contribution in [1.29, 1.82) is 0 Å². The van der Waals surface area contributed by atoms with Gasteiger partial charge in [0, 0.05) is 11.3 Å². The molecule has 1 fully saturated rings. The second-order valence-corrected chi connectivity index (χ2v) is 5.57. The summed E-state index contributed by atoms with van der Waals surface area (Å²) < 4.78 is 5.21. The van der Waals surface area contributed by atoms with Crippen LogP contribution in [0.5, 0.6) is 0 Å². The number of carbonyl (C=O) groups is 1. The molecule has 1 amide bonds. The Labute approximate surface area is 123 Å². The molecule has 5 heteroatoms. The van der Waals surface area contributed by atoms with E-state index in [0.717, 1.165) is 18.4 Å². The molecule has 1 aliphatic carbocycles. The van der Waals surface area contributed by atoms with Crippen LogP contribution in [-0.4, -0.2) is 21.6 Å². The highest BCUT2D eigenvalue weighted by Gasteiger charge is 2.33. The lowest BCUT2D eigenvalue weighted by atomic mass is 9.97. The summed E-state index contributed by atoms with van der Waals surface area (Å²) in [5.41, 5.74) is 0.742. The predicted molar refractivity (Wildman–Crippen MR) is 78.6 cm³/mol. The lowest BCUT2D eigenvalue weighted by Crippen LogP contribution is -2.30. The molecular weight excluding hydrogens is 268 g/mol. The average molecular weight is 286 g/mol. The molecule has 0 atom stereocenters. The minimum Gasteiger partial charge on any atom is -0.445 e. The third kappa shape index (κ3) is 3.31. The highest BCUT2D eigenvalue weighted by Crippen LogP contribution is 2.32. The fraction of sp³-hybridized carbons (Fsp3) is 0.375. The van der Waals surface area contributed by atoms with Gasteiger partial charge in [0.15, 0.2) is 0 Å². The Morgan fingerprint density at radius 3 is 2.62 bits per heavy atom. The lowest BCUT2D eigenvalue weighted by Gasteiger charge is -2.21. The molecule has 1 aromatic carbocycles. The summed E-state index contributed by atoms with van der Waals surface area (Å²) in [6, 6.07) is 7.28. The van der Waals surface area contributed by atoms with E-state index in [2.05, 4.69) is 10.3 Å².